The zero-order valence-corrected chi connectivity index (χ0v) is 47.5. The van der Waals surface area contributed by atoms with Gasteiger partial charge in [-0.3, -0.25) is 14.9 Å². The molecule has 0 spiro atoms. The molecule has 8 aromatic rings. The van der Waals surface area contributed by atoms with E-state index in [0.29, 0.717) is 161 Å². The van der Waals surface area contributed by atoms with Gasteiger partial charge in [-0.05, 0) is 97.8 Å². The third kappa shape index (κ3) is 19.1. The van der Waals surface area contributed by atoms with Crippen LogP contribution in [0.1, 0.15) is 31.4 Å². The summed E-state index contributed by atoms with van der Waals surface area (Å²) < 4.78 is 45.6. The minimum atomic E-state index is 0. The van der Waals surface area contributed by atoms with Crippen LogP contribution >= 0.6 is 11.6 Å². The summed E-state index contributed by atoms with van der Waals surface area (Å²) in [5, 5.41) is 65.1. The van der Waals surface area contributed by atoms with Gasteiger partial charge in [0, 0.05) is 85.3 Å². The molecule has 84 heavy (non-hydrogen) atoms. The number of halogens is 1. The molecule has 0 radical (unpaired) electrons. The second kappa shape index (κ2) is 35.9. The zero-order chi connectivity index (χ0) is 59.2. The normalized spacial score (nSPS) is 10.4. The zero-order valence-electron chi connectivity index (χ0n) is 46.8. The number of pyridine rings is 2. The molecule has 0 amide bonds. The third-order valence-electron chi connectivity index (χ3n) is 12.2. The summed E-state index contributed by atoms with van der Waals surface area (Å²) in [6.45, 7) is 4.05. The van der Waals surface area contributed by atoms with Gasteiger partial charge in [0.2, 0.25) is 0 Å². The lowest BCUT2D eigenvalue weighted by Crippen LogP contribution is -2.31. The first-order valence-corrected chi connectivity index (χ1v) is 27.1. The lowest BCUT2D eigenvalue weighted by molar-refractivity contribution is 0.152. The molecule has 0 saturated heterocycles. The fourth-order valence-electron chi connectivity index (χ4n) is 8.15. The van der Waals surface area contributed by atoms with Gasteiger partial charge in [-0.25, -0.2) is 0 Å². The third-order valence-corrected chi connectivity index (χ3v) is 12.5. The van der Waals surface area contributed by atoms with Gasteiger partial charge in [-0.15, -0.1) is 11.6 Å². The van der Waals surface area contributed by atoms with Crippen LogP contribution in [0.3, 0.4) is 0 Å². The predicted molar refractivity (Wildman–Crippen MR) is 327 cm³/mol. The molecule has 8 rings (SSSR count). The number of nitrogens with zero attached hydrogens (tertiary/aromatic N) is 5. The van der Waals surface area contributed by atoms with Crippen molar-refractivity contribution in [2.45, 2.75) is 20.3 Å². The maximum Gasteiger partial charge on any atom is 0.169 e. The van der Waals surface area contributed by atoms with Crippen molar-refractivity contribution >= 4 is 56.2 Å². The average Bonchev–Trinajstić information content (AvgIpc) is 3.71. The second-order valence-corrected chi connectivity index (χ2v) is 18.1. The van der Waals surface area contributed by atoms with Crippen molar-refractivity contribution in [2.75, 3.05) is 117 Å². The molecule has 7 N–H and O–H groups in total. The molecule has 6 aromatic carbocycles. The smallest absolute Gasteiger partial charge is 0.169 e. The van der Waals surface area contributed by atoms with Crippen LogP contribution in [0.25, 0.3) is 21.8 Å². The fourth-order valence-corrected chi connectivity index (χ4v) is 8.26. The molecule has 2 aromatic heterocycles. The maximum atomic E-state index is 9.81. The Morgan fingerprint density at radius 3 is 1.27 bits per heavy atom. The van der Waals surface area contributed by atoms with Crippen LogP contribution in [0.4, 0.5) is 22.7 Å². The van der Waals surface area contributed by atoms with Crippen molar-refractivity contribution in [2.24, 2.45) is 0 Å². The number of aromatic nitrogens is 2. The number of benzene rings is 6. The molecule has 0 bridgehead atoms. The number of nitrogens with one attached hydrogen (secondary N) is 3. The Morgan fingerprint density at radius 1 is 0.500 bits per heavy atom. The highest BCUT2D eigenvalue weighted by molar-refractivity contribution is 6.17. The number of fused-ring (bicyclic) bond motifs is 2. The van der Waals surface area contributed by atoms with E-state index in [-0.39, 0.29) is 33.9 Å². The summed E-state index contributed by atoms with van der Waals surface area (Å²) in [4.78, 5) is 10.9. The molecule has 444 valence electrons. The van der Waals surface area contributed by atoms with Crippen molar-refractivity contribution in [3.05, 3.63) is 145 Å². The standard InChI is InChI=1S/C31H34N4O6.C27H24ClN3O4.C4H11NO2.CH4/c1-38-27-6-3-4-7-28(27)41-24-10-8-23(9-11-24)34-31-22(20-32)21-33-26-19-30(29(39-2)18-25(26)31)40-17-5-12-35(13-15-36)14-16-37;1-32-23-6-3-4-7-24(23)35-20-10-8-19(9-11-20)31-27-18(16-29)17-30-22-15-26(34-13-5-12-28)25(33-2)14-21(22)27;6-3-1-5-2-4-7;/h3-4,6-11,18-19,21,36-37H,5,12-17H2,1-2H3,(H,33,34);3-4,6-11,14-15,17H,5,12-13H2,1-2H3,(H,30,31);5-7H,1-4H2;1H4. The lowest BCUT2D eigenvalue weighted by atomic mass is 10.1. The number of hydrogen-bond acceptors (Lipinski definition) is 20. The van der Waals surface area contributed by atoms with Gasteiger partial charge in [-0.2, -0.15) is 10.5 Å². The van der Waals surface area contributed by atoms with Gasteiger partial charge < -0.3 is 74.3 Å². The molecule has 0 aliphatic carbocycles. The Hall–Kier alpha value is -8.83. The molecule has 20 nitrogen and oxygen atoms in total. The van der Waals surface area contributed by atoms with E-state index >= 15 is 0 Å². The van der Waals surface area contributed by atoms with E-state index in [0.717, 1.165) is 16.8 Å². The number of para-hydroxylation sites is 4. The van der Waals surface area contributed by atoms with Crippen LogP contribution in [0, 0.1) is 22.7 Å². The molecule has 0 unspecified atom stereocenters. The molecular formula is C63H73ClN8O12. The van der Waals surface area contributed by atoms with Gasteiger partial charge in [0.25, 0.3) is 0 Å². The van der Waals surface area contributed by atoms with Crippen LogP contribution in [-0.4, -0.2) is 142 Å². The van der Waals surface area contributed by atoms with E-state index in [4.69, 9.17) is 59.7 Å². The van der Waals surface area contributed by atoms with Crippen LogP contribution in [0.5, 0.6) is 57.5 Å². The Morgan fingerprint density at radius 2 is 0.905 bits per heavy atom. The van der Waals surface area contributed by atoms with Crippen molar-refractivity contribution in [1.82, 2.24) is 20.2 Å². The highest BCUT2D eigenvalue weighted by atomic mass is 35.5. The van der Waals surface area contributed by atoms with Crippen molar-refractivity contribution in [3.8, 4) is 69.6 Å². The lowest BCUT2D eigenvalue weighted by Gasteiger charge is -2.20. The van der Waals surface area contributed by atoms with Crippen LogP contribution in [0.15, 0.2) is 134 Å². The Bertz CT molecular complexity index is 3350. The maximum absolute atomic E-state index is 9.81. The molecule has 0 aliphatic rings. The number of nitriles is 2. The average molecular weight is 1170 g/mol. The minimum Gasteiger partial charge on any atom is -0.493 e. The fraction of sp³-hybridized carbons (Fsp3) is 0.302. The Kier molecular flexibility index (Phi) is 28.2. The largest absolute Gasteiger partial charge is 0.493 e. The summed E-state index contributed by atoms with van der Waals surface area (Å²) in [7, 11) is 6.34. The number of anilines is 4. The number of rotatable bonds is 29. The second-order valence-electron chi connectivity index (χ2n) is 17.7. The van der Waals surface area contributed by atoms with E-state index in [2.05, 4.69) is 38.1 Å². The number of ether oxygens (including phenoxy) is 8. The van der Waals surface area contributed by atoms with Gasteiger partial charge in [0.05, 0.1) is 102 Å². The number of methoxy groups -OCH3 is 4. The van der Waals surface area contributed by atoms with Gasteiger partial charge in [0.1, 0.15) is 23.6 Å². The molecule has 0 atom stereocenters. The highest BCUT2D eigenvalue weighted by Crippen LogP contribution is 2.40. The van der Waals surface area contributed by atoms with Gasteiger partial charge >= 0.3 is 0 Å². The van der Waals surface area contributed by atoms with Crippen molar-refractivity contribution < 1.29 is 58.3 Å². The molecular weight excluding hydrogens is 1100 g/mol. The van der Waals surface area contributed by atoms with E-state index in [1.165, 1.54) is 6.20 Å². The molecule has 0 saturated carbocycles. The van der Waals surface area contributed by atoms with Gasteiger partial charge in [-0.1, -0.05) is 31.7 Å². The number of hydrogen-bond donors (Lipinski definition) is 7. The predicted octanol–water partition coefficient (Wildman–Crippen LogP) is 10.6. The topological polar surface area (TPSA) is 267 Å². The molecule has 2 heterocycles. The first kappa shape index (κ1) is 66.0. The van der Waals surface area contributed by atoms with Crippen LogP contribution in [0.2, 0.25) is 0 Å². The van der Waals surface area contributed by atoms with E-state index in [1.54, 1.807) is 46.8 Å². The van der Waals surface area contributed by atoms with Crippen molar-refractivity contribution in [1.29, 1.82) is 10.5 Å². The Balaban J connectivity index is 0.000000275. The highest BCUT2D eigenvalue weighted by Gasteiger charge is 2.18. The van der Waals surface area contributed by atoms with Crippen LogP contribution < -0.4 is 53.8 Å². The molecule has 21 heteroatoms. The summed E-state index contributed by atoms with van der Waals surface area (Å²) in [5.74, 6) is 6.50. The summed E-state index contributed by atoms with van der Waals surface area (Å²) in [6, 6.07) is 41.3. The minimum absolute atomic E-state index is 0. The SMILES string of the molecule is C.COc1cc2c(Nc3ccc(Oc4ccccc4OC)cc3)c(C#N)cnc2cc1OCCCCl.COc1cc2c(Nc3ccc(Oc4ccccc4OC)cc3)c(C#N)cnc2cc1OCCCN(CCO)CCO.OCCNCCO. The van der Waals surface area contributed by atoms with E-state index in [1.807, 2.05) is 114 Å². The first-order valence-electron chi connectivity index (χ1n) is 26.5. The van der Waals surface area contributed by atoms with E-state index in [9.17, 15) is 20.7 Å². The summed E-state index contributed by atoms with van der Waals surface area (Å²) >= 11 is 5.76. The van der Waals surface area contributed by atoms with Crippen LogP contribution in [-0.2, 0) is 0 Å². The quantitative estimate of drug-likeness (QED) is 0.0170. The van der Waals surface area contributed by atoms with E-state index < -0.39 is 0 Å². The summed E-state index contributed by atoms with van der Waals surface area (Å²) in [5.41, 5.74) is 4.87. The first-order chi connectivity index (χ1) is 40.7. The molecule has 0 aliphatic heterocycles. The number of aliphatic hydroxyl groups is 4. The summed E-state index contributed by atoms with van der Waals surface area (Å²) in [6.07, 6.45) is 4.49. The van der Waals surface area contributed by atoms with Gasteiger partial charge in [0.15, 0.2) is 46.0 Å². The molecule has 0 fully saturated rings. The Labute approximate surface area is 495 Å². The van der Waals surface area contributed by atoms with Crippen molar-refractivity contribution in [3.63, 3.8) is 0 Å². The number of alkyl halides is 1. The number of aliphatic hydroxyl groups excluding tert-OH is 4. The monoisotopic (exact) mass is 1170 g/mol.